The lowest BCUT2D eigenvalue weighted by atomic mass is 10.1. The van der Waals surface area contributed by atoms with Crippen molar-refractivity contribution in [3.8, 4) is 0 Å². The van der Waals surface area contributed by atoms with Crippen LogP contribution in [-0.2, 0) is 13.0 Å². The van der Waals surface area contributed by atoms with Gasteiger partial charge in [-0.25, -0.2) is 0 Å². The molecule has 1 aromatic carbocycles. The lowest BCUT2D eigenvalue weighted by Crippen LogP contribution is -2.03. The molecule has 1 unspecified atom stereocenters. The summed E-state index contributed by atoms with van der Waals surface area (Å²) in [6.45, 7) is 4.75. The van der Waals surface area contributed by atoms with Gasteiger partial charge in [-0.2, -0.15) is 5.10 Å². The van der Waals surface area contributed by atoms with Crippen LogP contribution in [0.5, 0.6) is 0 Å². The zero-order valence-corrected chi connectivity index (χ0v) is 12.3. The van der Waals surface area contributed by atoms with E-state index in [1.165, 1.54) is 11.5 Å². The van der Waals surface area contributed by atoms with Gasteiger partial charge < -0.3 is 5.11 Å². The number of fused-ring (bicyclic) bond motifs is 1. The van der Waals surface area contributed by atoms with Crippen LogP contribution >= 0.6 is 11.5 Å². The molecular weight excluding hydrogens is 272 g/mol. The summed E-state index contributed by atoms with van der Waals surface area (Å²) in [6, 6.07) is 8.11. The minimum absolute atomic E-state index is 0.484. The van der Waals surface area contributed by atoms with E-state index >= 15 is 0 Å². The lowest BCUT2D eigenvalue weighted by Gasteiger charge is -2.06. The Bertz CT molecular complexity index is 734. The van der Waals surface area contributed by atoms with Crippen molar-refractivity contribution in [1.82, 2.24) is 19.4 Å². The molecule has 20 heavy (non-hydrogen) atoms. The van der Waals surface area contributed by atoms with Gasteiger partial charge in [0.05, 0.1) is 27.9 Å². The Morgan fingerprint density at radius 3 is 2.85 bits per heavy atom. The monoisotopic (exact) mass is 288 g/mol. The Morgan fingerprint density at radius 1 is 1.35 bits per heavy atom. The van der Waals surface area contributed by atoms with Crippen molar-refractivity contribution in [1.29, 1.82) is 0 Å². The number of hydrogen-bond donors (Lipinski definition) is 1. The number of aryl methyl sites for hydroxylation is 2. The molecule has 0 saturated carbocycles. The Morgan fingerprint density at radius 2 is 2.15 bits per heavy atom. The van der Waals surface area contributed by atoms with Crippen LogP contribution < -0.4 is 0 Å². The average Bonchev–Trinajstić information content (AvgIpc) is 3.03. The zero-order chi connectivity index (χ0) is 14.1. The van der Waals surface area contributed by atoms with E-state index in [1.807, 2.05) is 29.8 Å². The second-order valence-electron chi connectivity index (χ2n) is 4.72. The van der Waals surface area contributed by atoms with Crippen LogP contribution in [0.3, 0.4) is 0 Å². The lowest BCUT2D eigenvalue weighted by molar-refractivity contribution is 0.180. The summed E-state index contributed by atoms with van der Waals surface area (Å²) < 4.78 is 5.84. The van der Waals surface area contributed by atoms with Crippen molar-refractivity contribution in [3.63, 3.8) is 0 Å². The quantitative estimate of drug-likeness (QED) is 0.801. The van der Waals surface area contributed by atoms with Gasteiger partial charge in [0.1, 0.15) is 0 Å². The van der Waals surface area contributed by atoms with E-state index < -0.39 is 6.10 Å². The standard InChI is InChI=1S/C14H16N4OS/c1-3-18-12-7-5-4-6-10(12)11(16-18)8-13(19)14-9(2)15-17-20-14/h4-7,13,19H,3,8H2,1-2H3. The SMILES string of the molecule is CCn1nc(CC(O)c2snnc2C)c2ccccc21. The molecule has 0 amide bonds. The first-order valence-electron chi connectivity index (χ1n) is 6.62. The fourth-order valence-corrected chi connectivity index (χ4v) is 3.04. The number of aliphatic hydroxyl groups excluding tert-OH is 1. The molecule has 2 aromatic heterocycles. The van der Waals surface area contributed by atoms with Gasteiger partial charge in [-0.15, -0.1) is 5.10 Å². The van der Waals surface area contributed by atoms with Crippen molar-refractivity contribution in [2.75, 3.05) is 0 Å². The average molecular weight is 288 g/mol. The third kappa shape index (κ3) is 2.21. The Hall–Kier alpha value is -1.79. The van der Waals surface area contributed by atoms with Crippen LogP contribution in [0, 0.1) is 6.92 Å². The second-order valence-corrected chi connectivity index (χ2v) is 5.51. The molecule has 104 valence electrons. The van der Waals surface area contributed by atoms with Crippen molar-refractivity contribution in [3.05, 3.63) is 40.5 Å². The van der Waals surface area contributed by atoms with Crippen LogP contribution in [0.15, 0.2) is 24.3 Å². The predicted octanol–water partition coefficient (Wildman–Crippen LogP) is 2.49. The molecule has 2 heterocycles. The summed E-state index contributed by atoms with van der Waals surface area (Å²) in [5.41, 5.74) is 2.82. The number of para-hydroxylation sites is 1. The number of aliphatic hydroxyl groups is 1. The van der Waals surface area contributed by atoms with Crippen molar-refractivity contribution >= 4 is 22.4 Å². The number of benzene rings is 1. The van der Waals surface area contributed by atoms with E-state index in [0.29, 0.717) is 6.42 Å². The highest BCUT2D eigenvalue weighted by Gasteiger charge is 2.18. The maximum absolute atomic E-state index is 10.4. The van der Waals surface area contributed by atoms with Crippen LogP contribution in [-0.4, -0.2) is 24.5 Å². The molecule has 1 atom stereocenters. The summed E-state index contributed by atoms with van der Waals surface area (Å²) >= 11 is 1.25. The van der Waals surface area contributed by atoms with Crippen LogP contribution in [0.1, 0.15) is 29.3 Å². The maximum Gasteiger partial charge on any atom is 0.0973 e. The van der Waals surface area contributed by atoms with Gasteiger partial charge in [-0.1, -0.05) is 22.7 Å². The highest BCUT2D eigenvalue weighted by Crippen LogP contribution is 2.26. The molecule has 0 aliphatic carbocycles. The normalized spacial score (nSPS) is 12.9. The summed E-state index contributed by atoms with van der Waals surface area (Å²) in [5, 5.41) is 20.0. The van der Waals surface area contributed by atoms with Gasteiger partial charge >= 0.3 is 0 Å². The fraction of sp³-hybridized carbons (Fsp3) is 0.357. The molecule has 0 aliphatic rings. The van der Waals surface area contributed by atoms with E-state index in [9.17, 15) is 5.11 Å². The van der Waals surface area contributed by atoms with Crippen LogP contribution in [0.25, 0.3) is 10.9 Å². The highest BCUT2D eigenvalue weighted by atomic mass is 32.1. The summed E-state index contributed by atoms with van der Waals surface area (Å²) in [6.07, 6.45) is -0.114. The molecule has 0 bridgehead atoms. The third-order valence-electron chi connectivity index (χ3n) is 3.41. The third-order valence-corrected chi connectivity index (χ3v) is 4.34. The summed E-state index contributed by atoms with van der Waals surface area (Å²) in [4.78, 5) is 0.820. The Labute approximate surface area is 121 Å². The highest BCUT2D eigenvalue weighted by molar-refractivity contribution is 7.05. The zero-order valence-electron chi connectivity index (χ0n) is 11.4. The van der Waals surface area contributed by atoms with E-state index in [2.05, 4.69) is 27.7 Å². The predicted molar refractivity (Wildman–Crippen MR) is 78.7 cm³/mol. The summed E-state index contributed by atoms with van der Waals surface area (Å²) in [5.74, 6) is 0. The molecule has 0 spiro atoms. The molecule has 0 radical (unpaired) electrons. The van der Waals surface area contributed by atoms with Crippen LogP contribution in [0.4, 0.5) is 0 Å². The summed E-state index contributed by atoms with van der Waals surface area (Å²) in [7, 11) is 0. The topological polar surface area (TPSA) is 63.8 Å². The van der Waals surface area contributed by atoms with Crippen molar-refractivity contribution < 1.29 is 5.11 Å². The molecule has 1 N–H and O–H groups in total. The molecule has 3 rings (SSSR count). The number of nitrogens with zero attached hydrogens (tertiary/aromatic N) is 4. The van der Waals surface area contributed by atoms with Gasteiger partial charge in [0, 0.05) is 18.4 Å². The van der Waals surface area contributed by atoms with Crippen LogP contribution in [0.2, 0.25) is 0 Å². The first kappa shape index (κ1) is 13.2. The van der Waals surface area contributed by atoms with Crippen molar-refractivity contribution in [2.24, 2.45) is 0 Å². The largest absolute Gasteiger partial charge is 0.387 e. The van der Waals surface area contributed by atoms with Gasteiger partial charge in [0.2, 0.25) is 0 Å². The minimum Gasteiger partial charge on any atom is -0.387 e. The molecule has 6 heteroatoms. The maximum atomic E-state index is 10.4. The molecular formula is C14H16N4OS. The van der Waals surface area contributed by atoms with E-state index in [0.717, 1.165) is 33.7 Å². The van der Waals surface area contributed by atoms with Crippen molar-refractivity contribution in [2.45, 2.75) is 32.9 Å². The number of hydrogen-bond acceptors (Lipinski definition) is 5. The molecule has 0 fully saturated rings. The molecule has 5 nitrogen and oxygen atoms in total. The van der Waals surface area contributed by atoms with Gasteiger partial charge in [0.25, 0.3) is 0 Å². The number of rotatable bonds is 4. The first-order valence-corrected chi connectivity index (χ1v) is 7.39. The van der Waals surface area contributed by atoms with E-state index in [-0.39, 0.29) is 0 Å². The van der Waals surface area contributed by atoms with Gasteiger partial charge in [-0.05, 0) is 31.4 Å². The Balaban J connectivity index is 1.97. The molecule has 3 aromatic rings. The smallest absolute Gasteiger partial charge is 0.0973 e. The van der Waals surface area contributed by atoms with E-state index in [4.69, 9.17) is 0 Å². The first-order chi connectivity index (χ1) is 9.70. The molecule has 0 saturated heterocycles. The molecule has 0 aliphatic heterocycles. The van der Waals surface area contributed by atoms with E-state index in [1.54, 1.807) is 0 Å². The van der Waals surface area contributed by atoms with Gasteiger partial charge in [0.15, 0.2) is 0 Å². The second kappa shape index (κ2) is 5.30. The minimum atomic E-state index is -0.599. The Kier molecular flexibility index (Phi) is 3.50. The van der Waals surface area contributed by atoms with Gasteiger partial charge in [-0.3, -0.25) is 4.68 Å². The fourth-order valence-electron chi connectivity index (χ4n) is 2.41. The number of aromatic nitrogens is 4.